The summed E-state index contributed by atoms with van der Waals surface area (Å²) in [4.78, 5) is 16.1. The number of carbonyl (C=O) groups excluding carboxylic acids is 1. The quantitative estimate of drug-likeness (QED) is 0.774. The van der Waals surface area contributed by atoms with Crippen LogP contribution in [0.15, 0.2) is 48.8 Å². The van der Waals surface area contributed by atoms with Crippen molar-refractivity contribution in [1.29, 1.82) is 0 Å². The highest BCUT2D eigenvalue weighted by atomic mass is 32.2. The van der Waals surface area contributed by atoms with Crippen molar-refractivity contribution < 1.29 is 17.9 Å². The average Bonchev–Trinajstić information content (AvgIpc) is 2.59. The van der Waals surface area contributed by atoms with E-state index in [1.165, 1.54) is 11.4 Å². The number of para-hydroxylation sites is 2. The summed E-state index contributed by atoms with van der Waals surface area (Å²) in [5.41, 5.74) is 1.36. The number of anilines is 1. The normalized spacial score (nSPS) is 11.3. The molecule has 1 aromatic carbocycles. The van der Waals surface area contributed by atoms with Gasteiger partial charge < -0.3 is 10.1 Å². The molecule has 0 spiro atoms. The zero-order chi connectivity index (χ0) is 18.3. The summed E-state index contributed by atoms with van der Waals surface area (Å²) in [5.74, 6) is 0.264. The zero-order valence-corrected chi connectivity index (χ0v) is 15.0. The Morgan fingerprint density at radius 1 is 1.20 bits per heavy atom. The lowest BCUT2D eigenvalue weighted by atomic mass is 10.2. The third kappa shape index (κ3) is 5.84. The van der Waals surface area contributed by atoms with Gasteiger partial charge in [-0.2, -0.15) is 4.31 Å². The second-order valence-corrected chi connectivity index (χ2v) is 7.43. The van der Waals surface area contributed by atoms with Crippen molar-refractivity contribution in [3.63, 3.8) is 0 Å². The van der Waals surface area contributed by atoms with Crippen molar-refractivity contribution in [1.82, 2.24) is 9.29 Å². The summed E-state index contributed by atoms with van der Waals surface area (Å²) in [6, 6.07) is 10.5. The maximum Gasteiger partial charge on any atom is 0.225 e. The van der Waals surface area contributed by atoms with E-state index in [0.29, 0.717) is 11.4 Å². The fraction of sp³-hybridized carbons (Fsp3) is 0.294. The van der Waals surface area contributed by atoms with E-state index in [0.717, 1.165) is 11.8 Å². The van der Waals surface area contributed by atoms with Crippen LogP contribution < -0.4 is 10.1 Å². The summed E-state index contributed by atoms with van der Waals surface area (Å²) in [6.07, 6.45) is 4.37. The van der Waals surface area contributed by atoms with Crippen LogP contribution in [0, 0.1) is 0 Å². The Morgan fingerprint density at radius 3 is 2.52 bits per heavy atom. The van der Waals surface area contributed by atoms with Gasteiger partial charge in [0.05, 0.1) is 19.1 Å². The zero-order valence-electron chi connectivity index (χ0n) is 14.2. The van der Waals surface area contributed by atoms with Gasteiger partial charge in [-0.25, -0.2) is 8.42 Å². The lowest BCUT2D eigenvalue weighted by Gasteiger charge is -2.20. The van der Waals surface area contributed by atoms with E-state index >= 15 is 0 Å². The van der Waals surface area contributed by atoms with E-state index < -0.39 is 10.0 Å². The second-order valence-electron chi connectivity index (χ2n) is 5.45. The minimum absolute atomic E-state index is 0.0379. The number of nitrogens with zero attached hydrogens (tertiary/aromatic N) is 2. The van der Waals surface area contributed by atoms with Gasteiger partial charge in [-0.15, -0.1) is 0 Å². The Bertz CT molecular complexity index is 810. The second kappa shape index (κ2) is 8.59. The Morgan fingerprint density at radius 2 is 1.88 bits per heavy atom. The minimum Gasteiger partial charge on any atom is -0.495 e. The predicted octanol–water partition coefficient (Wildman–Crippen LogP) is 1.88. The molecule has 0 fully saturated rings. The van der Waals surface area contributed by atoms with E-state index in [2.05, 4.69) is 10.3 Å². The molecular weight excluding hydrogens is 342 g/mol. The molecule has 0 radical (unpaired) electrons. The number of hydrogen-bond acceptors (Lipinski definition) is 5. The molecular formula is C17H21N3O4S. The summed E-state index contributed by atoms with van der Waals surface area (Å²) < 4.78 is 30.4. The molecule has 0 saturated carbocycles. The lowest BCUT2D eigenvalue weighted by Crippen LogP contribution is -2.32. The molecule has 1 heterocycles. The highest BCUT2D eigenvalue weighted by Crippen LogP contribution is 2.23. The van der Waals surface area contributed by atoms with E-state index in [4.69, 9.17) is 4.74 Å². The molecule has 0 atom stereocenters. The van der Waals surface area contributed by atoms with Crippen LogP contribution in [0.3, 0.4) is 0 Å². The molecule has 0 aliphatic carbocycles. The Hall–Kier alpha value is -2.45. The number of benzene rings is 1. The van der Waals surface area contributed by atoms with Gasteiger partial charge in [0.2, 0.25) is 15.9 Å². The van der Waals surface area contributed by atoms with Gasteiger partial charge in [0.15, 0.2) is 0 Å². The molecule has 1 aromatic heterocycles. The molecule has 0 aliphatic heterocycles. The van der Waals surface area contributed by atoms with E-state index in [9.17, 15) is 13.2 Å². The number of sulfonamides is 1. The fourth-order valence-corrected chi connectivity index (χ4v) is 3.05. The lowest BCUT2D eigenvalue weighted by molar-refractivity contribution is -0.116. The van der Waals surface area contributed by atoms with Gasteiger partial charge in [0.25, 0.3) is 0 Å². The van der Waals surface area contributed by atoms with Gasteiger partial charge in [-0.1, -0.05) is 12.1 Å². The SMILES string of the molecule is COc1ccccc1NC(=O)CCN(Cc1ccncc1)S(C)(=O)=O. The summed E-state index contributed by atoms with van der Waals surface area (Å²) in [5, 5.41) is 2.74. The minimum atomic E-state index is -3.44. The first-order chi connectivity index (χ1) is 11.9. The van der Waals surface area contributed by atoms with Crippen LogP contribution in [0.4, 0.5) is 5.69 Å². The summed E-state index contributed by atoms with van der Waals surface area (Å²) >= 11 is 0. The molecule has 0 unspecified atom stereocenters. The molecule has 8 heteroatoms. The Balaban J connectivity index is 1.99. The standard InChI is InChI=1S/C17H21N3O4S/c1-24-16-6-4-3-5-15(16)19-17(21)9-12-20(25(2,22)23)13-14-7-10-18-11-8-14/h3-8,10-11H,9,12-13H2,1-2H3,(H,19,21). The third-order valence-electron chi connectivity index (χ3n) is 3.55. The van der Waals surface area contributed by atoms with Crippen molar-refractivity contribution in [2.45, 2.75) is 13.0 Å². The summed E-state index contributed by atoms with van der Waals surface area (Å²) in [6.45, 7) is 0.283. The van der Waals surface area contributed by atoms with Crippen LogP contribution in [0.1, 0.15) is 12.0 Å². The maximum atomic E-state index is 12.2. The highest BCUT2D eigenvalue weighted by molar-refractivity contribution is 7.88. The fourth-order valence-electron chi connectivity index (χ4n) is 2.24. The smallest absolute Gasteiger partial charge is 0.225 e. The largest absolute Gasteiger partial charge is 0.495 e. The van der Waals surface area contributed by atoms with Gasteiger partial charge in [-0.05, 0) is 29.8 Å². The Kier molecular flexibility index (Phi) is 6.49. The molecule has 134 valence electrons. The number of rotatable bonds is 8. The maximum absolute atomic E-state index is 12.2. The van der Waals surface area contributed by atoms with Gasteiger partial charge >= 0.3 is 0 Å². The van der Waals surface area contributed by atoms with Crippen LogP contribution in [-0.2, 0) is 21.4 Å². The molecule has 1 amide bonds. The van der Waals surface area contributed by atoms with Crippen LogP contribution in [0.2, 0.25) is 0 Å². The van der Waals surface area contributed by atoms with Gasteiger partial charge in [-0.3, -0.25) is 9.78 Å². The van der Waals surface area contributed by atoms with E-state index in [1.807, 2.05) is 0 Å². The third-order valence-corrected chi connectivity index (χ3v) is 4.80. The number of amides is 1. The van der Waals surface area contributed by atoms with Crippen LogP contribution in [0.25, 0.3) is 0 Å². The molecule has 25 heavy (non-hydrogen) atoms. The van der Waals surface area contributed by atoms with E-state index in [-0.39, 0.29) is 25.4 Å². The number of methoxy groups -OCH3 is 1. The molecule has 7 nitrogen and oxygen atoms in total. The summed E-state index contributed by atoms with van der Waals surface area (Å²) in [7, 11) is -1.92. The number of hydrogen-bond donors (Lipinski definition) is 1. The molecule has 0 bridgehead atoms. The Labute approximate surface area is 147 Å². The molecule has 1 N–H and O–H groups in total. The monoisotopic (exact) mass is 363 g/mol. The van der Waals surface area contributed by atoms with Crippen molar-refractivity contribution >= 4 is 21.6 Å². The first-order valence-electron chi connectivity index (χ1n) is 7.67. The topological polar surface area (TPSA) is 88.6 Å². The van der Waals surface area contributed by atoms with Crippen molar-refractivity contribution in [3.8, 4) is 5.75 Å². The average molecular weight is 363 g/mol. The number of carbonyl (C=O) groups is 1. The highest BCUT2D eigenvalue weighted by Gasteiger charge is 2.18. The van der Waals surface area contributed by atoms with Crippen LogP contribution in [-0.4, -0.2) is 43.5 Å². The number of nitrogens with one attached hydrogen (secondary N) is 1. The van der Waals surface area contributed by atoms with Crippen molar-refractivity contribution in [2.75, 3.05) is 25.2 Å². The number of aromatic nitrogens is 1. The molecule has 2 rings (SSSR count). The van der Waals surface area contributed by atoms with Crippen LogP contribution >= 0.6 is 0 Å². The van der Waals surface area contributed by atoms with Crippen molar-refractivity contribution in [2.24, 2.45) is 0 Å². The van der Waals surface area contributed by atoms with Gasteiger partial charge in [0.1, 0.15) is 5.75 Å². The number of pyridine rings is 1. The number of ether oxygens (including phenoxy) is 1. The first-order valence-corrected chi connectivity index (χ1v) is 9.52. The van der Waals surface area contributed by atoms with Gasteiger partial charge in [0, 0.05) is 31.9 Å². The predicted molar refractivity (Wildman–Crippen MR) is 95.7 cm³/mol. The molecule has 0 aliphatic rings. The molecule has 0 saturated heterocycles. The first kappa shape index (κ1) is 18.9. The molecule has 2 aromatic rings. The van der Waals surface area contributed by atoms with E-state index in [1.54, 1.807) is 48.8 Å². The van der Waals surface area contributed by atoms with Crippen LogP contribution in [0.5, 0.6) is 5.75 Å². The van der Waals surface area contributed by atoms with Crippen molar-refractivity contribution in [3.05, 3.63) is 54.4 Å².